The molecule has 1 unspecified atom stereocenters. The standard InChI is InChI=1S/C21H19N5O5S2/c1-13-3-2-4-16(9-13)33(29,30)26-17(12-23)21(28)31-19(27)10-18-24-25-20(32-18)15-7-5-14(11-22)6-8-15/h2-9,17,26H,10,12,23H2,1H3. The minimum atomic E-state index is -4.05. The smallest absolute Gasteiger partial charge is 0.333 e. The third kappa shape index (κ3) is 6.27. The lowest BCUT2D eigenvalue weighted by molar-refractivity contribution is -0.160. The summed E-state index contributed by atoms with van der Waals surface area (Å²) < 4.78 is 32.0. The Balaban J connectivity index is 1.61. The fraction of sp³-hybridized carbons (Fsp3) is 0.190. The number of hydrogen-bond donors (Lipinski definition) is 2. The molecule has 0 saturated carbocycles. The molecule has 0 aliphatic rings. The zero-order valence-corrected chi connectivity index (χ0v) is 19.0. The van der Waals surface area contributed by atoms with Crippen molar-refractivity contribution in [2.24, 2.45) is 5.73 Å². The van der Waals surface area contributed by atoms with Crippen LogP contribution >= 0.6 is 11.3 Å². The van der Waals surface area contributed by atoms with Crippen molar-refractivity contribution in [3.63, 3.8) is 0 Å². The maximum Gasteiger partial charge on any atom is 0.333 e. The van der Waals surface area contributed by atoms with Crippen LogP contribution in [0, 0.1) is 18.3 Å². The largest absolute Gasteiger partial charge is 0.392 e. The van der Waals surface area contributed by atoms with Gasteiger partial charge in [-0.15, -0.1) is 10.2 Å². The maximum absolute atomic E-state index is 12.5. The van der Waals surface area contributed by atoms with Gasteiger partial charge in [0.05, 0.1) is 16.5 Å². The summed E-state index contributed by atoms with van der Waals surface area (Å²) in [4.78, 5) is 24.5. The van der Waals surface area contributed by atoms with Gasteiger partial charge in [-0.25, -0.2) is 13.2 Å². The number of hydrogen-bond acceptors (Lipinski definition) is 10. The van der Waals surface area contributed by atoms with Gasteiger partial charge in [-0.05, 0) is 36.8 Å². The zero-order valence-electron chi connectivity index (χ0n) is 17.4. The molecule has 1 heterocycles. The molecule has 0 amide bonds. The summed E-state index contributed by atoms with van der Waals surface area (Å²) in [6, 6.07) is 13.4. The van der Waals surface area contributed by atoms with Gasteiger partial charge < -0.3 is 10.5 Å². The van der Waals surface area contributed by atoms with Gasteiger partial charge in [-0.2, -0.15) is 9.98 Å². The number of aromatic nitrogens is 2. The molecule has 3 aromatic rings. The van der Waals surface area contributed by atoms with E-state index in [2.05, 4.69) is 14.9 Å². The Kier molecular flexibility index (Phi) is 7.62. The lowest BCUT2D eigenvalue weighted by atomic mass is 10.2. The van der Waals surface area contributed by atoms with E-state index in [1.165, 1.54) is 12.1 Å². The number of nitrogens with one attached hydrogen (secondary N) is 1. The lowest BCUT2D eigenvalue weighted by Crippen LogP contribution is -2.47. The first-order chi connectivity index (χ1) is 15.7. The summed E-state index contributed by atoms with van der Waals surface area (Å²) in [5, 5.41) is 17.6. The van der Waals surface area contributed by atoms with Gasteiger partial charge in [0.15, 0.2) is 0 Å². The minimum Gasteiger partial charge on any atom is -0.392 e. The van der Waals surface area contributed by atoms with Gasteiger partial charge in [0.25, 0.3) is 0 Å². The normalized spacial score (nSPS) is 12.0. The van der Waals surface area contributed by atoms with Crippen LogP contribution in [-0.4, -0.2) is 43.1 Å². The van der Waals surface area contributed by atoms with Crippen LogP contribution < -0.4 is 10.5 Å². The van der Waals surface area contributed by atoms with Gasteiger partial charge in [-0.1, -0.05) is 35.6 Å². The molecule has 10 nitrogen and oxygen atoms in total. The number of carbonyl (C=O) groups is 2. The van der Waals surface area contributed by atoms with Crippen LogP contribution in [0.25, 0.3) is 10.6 Å². The molecular weight excluding hydrogens is 466 g/mol. The van der Waals surface area contributed by atoms with Crippen molar-refractivity contribution in [2.75, 3.05) is 6.54 Å². The van der Waals surface area contributed by atoms with Gasteiger partial charge in [0.2, 0.25) is 10.0 Å². The third-order valence-electron chi connectivity index (χ3n) is 4.36. The molecule has 0 saturated heterocycles. The van der Waals surface area contributed by atoms with Gasteiger partial charge in [0, 0.05) is 12.1 Å². The van der Waals surface area contributed by atoms with E-state index in [4.69, 9.17) is 15.7 Å². The van der Waals surface area contributed by atoms with Crippen molar-refractivity contribution in [3.8, 4) is 16.6 Å². The molecule has 0 spiro atoms. The summed E-state index contributed by atoms with van der Waals surface area (Å²) in [6.45, 7) is 1.32. The van der Waals surface area contributed by atoms with E-state index < -0.39 is 34.5 Å². The molecular formula is C21H19N5O5S2. The van der Waals surface area contributed by atoms with Crippen LogP contribution in [0.2, 0.25) is 0 Å². The number of nitrogens with zero attached hydrogens (tertiary/aromatic N) is 3. The minimum absolute atomic E-state index is 0.0377. The number of ether oxygens (including phenoxy) is 1. The number of aryl methyl sites for hydroxylation is 1. The average Bonchev–Trinajstić information content (AvgIpc) is 3.25. The van der Waals surface area contributed by atoms with E-state index in [0.717, 1.165) is 22.5 Å². The van der Waals surface area contributed by atoms with Crippen molar-refractivity contribution in [1.29, 1.82) is 5.26 Å². The number of nitriles is 1. The van der Waals surface area contributed by atoms with E-state index in [-0.39, 0.29) is 11.3 Å². The molecule has 1 atom stereocenters. The SMILES string of the molecule is Cc1cccc(S(=O)(=O)NC(CN)C(=O)OC(=O)Cc2nnc(-c3ccc(C#N)cc3)s2)c1. The molecule has 0 aliphatic carbocycles. The Morgan fingerprint density at radius 1 is 1.21 bits per heavy atom. The molecule has 0 fully saturated rings. The summed E-state index contributed by atoms with van der Waals surface area (Å²) in [5.41, 5.74) is 7.46. The van der Waals surface area contributed by atoms with Crippen molar-refractivity contribution >= 4 is 33.3 Å². The van der Waals surface area contributed by atoms with Crippen molar-refractivity contribution in [1.82, 2.24) is 14.9 Å². The molecule has 1 aromatic heterocycles. The molecule has 3 N–H and O–H groups in total. The van der Waals surface area contributed by atoms with Crippen molar-refractivity contribution in [3.05, 3.63) is 64.7 Å². The second-order valence-corrected chi connectivity index (χ2v) is 9.66. The van der Waals surface area contributed by atoms with E-state index in [9.17, 15) is 18.0 Å². The summed E-state index contributed by atoms with van der Waals surface area (Å²) in [5.74, 6) is -2.04. The van der Waals surface area contributed by atoms with E-state index in [0.29, 0.717) is 15.6 Å². The van der Waals surface area contributed by atoms with Crippen molar-refractivity contribution in [2.45, 2.75) is 24.3 Å². The quantitative estimate of drug-likeness (QED) is 0.353. The number of carbonyl (C=O) groups excluding carboxylic acids is 2. The highest BCUT2D eigenvalue weighted by atomic mass is 32.2. The highest BCUT2D eigenvalue weighted by Crippen LogP contribution is 2.24. The first-order valence-electron chi connectivity index (χ1n) is 9.58. The zero-order chi connectivity index (χ0) is 24.0. The number of rotatable bonds is 8. The molecule has 12 heteroatoms. The Morgan fingerprint density at radius 2 is 1.94 bits per heavy atom. The fourth-order valence-electron chi connectivity index (χ4n) is 2.70. The van der Waals surface area contributed by atoms with Crippen LogP contribution in [0.3, 0.4) is 0 Å². The molecule has 3 rings (SSSR count). The Labute approximate surface area is 194 Å². The predicted octanol–water partition coefficient (Wildman–Crippen LogP) is 1.30. The van der Waals surface area contributed by atoms with Gasteiger partial charge in [-0.3, -0.25) is 4.79 Å². The first-order valence-corrected chi connectivity index (χ1v) is 11.9. The monoisotopic (exact) mass is 485 g/mol. The second-order valence-electron chi connectivity index (χ2n) is 6.89. The van der Waals surface area contributed by atoms with Crippen LogP contribution in [0.15, 0.2) is 53.4 Å². The van der Waals surface area contributed by atoms with Gasteiger partial charge >= 0.3 is 11.9 Å². The molecule has 0 radical (unpaired) electrons. The second kappa shape index (κ2) is 10.4. The Bertz CT molecular complexity index is 1310. The van der Waals surface area contributed by atoms with E-state index in [1.807, 2.05) is 6.07 Å². The number of sulfonamides is 1. The summed E-state index contributed by atoms with van der Waals surface area (Å²) >= 11 is 1.12. The molecule has 2 aromatic carbocycles. The topological polar surface area (TPSA) is 165 Å². The first kappa shape index (κ1) is 24.1. The highest BCUT2D eigenvalue weighted by Gasteiger charge is 2.28. The van der Waals surface area contributed by atoms with Crippen molar-refractivity contribution < 1.29 is 22.7 Å². The van der Waals surface area contributed by atoms with Crippen LogP contribution in [0.4, 0.5) is 0 Å². The average molecular weight is 486 g/mol. The Hall–Kier alpha value is -3.50. The van der Waals surface area contributed by atoms with Crippen LogP contribution in [-0.2, 0) is 30.8 Å². The Morgan fingerprint density at radius 3 is 2.58 bits per heavy atom. The molecule has 0 bridgehead atoms. The van der Waals surface area contributed by atoms with E-state index in [1.54, 1.807) is 43.3 Å². The fourth-order valence-corrected chi connectivity index (χ4v) is 4.83. The lowest BCUT2D eigenvalue weighted by Gasteiger charge is -2.15. The molecule has 170 valence electrons. The van der Waals surface area contributed by atoms with Crippen LogP contribution in [0.5, 0.6) is 0 Å². The number of benzene rings is 2. The molecule has 33 heavy (non-hydrogen) atoms. The third-order valence-corrected chi connectivity index (χ3v) is 6.80. The highest BCUT2D eigenvalue weighted by molar-refractivity contribution is 7.89. The molecule has 0 aliphatic heterocycles. The number of esters is 2. The summed E-state index contributed by atoms with van der Waals surface area (Å²) in [6.07, 6.45) is -0.332. The number of nitrogens with two attached hydrogens (primary N) is 1. The predicted molar refractivity (Wildman–Crippen MR) is 119 cm³/mol. The summed E-state index contributed by atoms with van der Waals surface area (Å²) in [7, 11) is -4.05. The van der Waals surface area contributed by atoms with Gasteiger partial charge in [0.1, 0.15) is 22.5 Å². The van der Waals surface area contributed by atoms with E-state index >= 15 is 0 Å². The van der Waals surface area contributed by atoms with Crippen LogP contribution in [0.1, 0.15) is 16.1 Å². The maximum atomic E-state index is 12.5.